The van der Waals surface area contributed by atoms with E-state index in [-0.39, 0.29) is 6.03 Å². The van der Waals surface area contributed by atoms with Gasteiger partial charge in [-0.1, -0.05) is 4.49 Å². The summed E-state index contributed by atoms with van der Waals surface area (Å²) in [5.74, 6) is 0. The van der Waals surface area contributed by atoms with Gasteiger partial charge in [0.1, 0.15) is 0 Å². The van der Waals surface area contributed by atoms with Crippen LogP contribution in [-0.2, 0) is 11.3 Å². The average molecular weight is 243 g/mol. The first-order chi connectivity index (χ1) is 7.65. The van der Waals surface area contributed by atoms with Crippen molar-refractivity contribution in [2.75, 3.05) is 14.1 Å². The van der Waals surface area contributed by atoms with Gasteiger partial charge < -0.3 is 10.6 Å². The number of carbonyl (C=O) groups is 1. The second-order valence-electron chi connectivity index (χ2n) is 2.53. The summed E-state index contributed by atoms with van der Waals surface area (Å²) >= 11 is 1.30. The van der Waals surface area contributed by atoms with E-state index in [4.69, 9.17) is 4.79 Å². The molecule has 0 aliphatic rings. The van der Waals surface area contributed by atoms with Crippen molar-refractivity contribution in [3.05, 3.63) is 10.6 Å². The van der Waals surface area contributed by atoms with E-state index in [1.54, 1.807) is 7.05 Å². The van der Waals surface area contributed by atoms with E-state index in [9.17, 15) is 4.79 Å². The SMILES string of the molecule is CN=C=O.CNC(=O)NCc1snnc1C. The summed E-state index contributed by atoms with van der Waals surface area (Å²) in [7, 11) is 2.96. The molecule has 0 saturated carbocycles. The Hall–Kier alpha value is -1.79. The van der Waals surface area contributed by atoms with Gasteiger partial charge in [-0.05, 0) is 18.5 Å². The summed E-state index contributed by atoms with van der Waals surface area (Å²) in [4.78, 5) is 23.6. The minimum absolute atomic E-state index is 0.192. The summed E-state index contributed by atoms with van der Waals surface area (Å²) in [6.45, 7) is 2.35. The zero-order valence-corrected chi connectivity index (χ0v) is 10.1. The molecule has 16 heavy (non-hydrogen) atoms. The fourth-order valence-electron chi connectivity index (χ4n) is 0.662. The molecule has 2 amide bonds. The lowest BCUT2D eigenvalue weighted by Gasteiger charge is -2.00. The third kappa shape index (κ3) is 5.84. The van der Waals surface area contributed by atoms with Crippen LogP contribution in [0.1, 0.15) is 10.6 Å². The third-order valence-electron chi connectivity index (χ3n) is 1.47. The van der Waals surface area contributed by atoms with E-state index < -0.39 is 0 Å². The maximum absolute atomic E-state index is 10.8. The topological polar surface area (TPSA) is 96.3 Å². The number of nitrogens with zero attached hydrogens (tertiary/aromatic N) is 3. The van der Waals surface area contributed by atoms with Crippen LogP contribution in [0, 0.1) is 6.92 Å². The lowest BCUT2D eigenvalue weighted by Crippen LogP contribution is -2.31. The van der Waals surface area contributed by atoms with Gasteiger partial charge in [-0.15, -0.1) is 5.10 Å². The minimum atomic E-state index is -0.192. The predicted octanol–water partition coefficient (Wildman–Crippen LogP) is 0.228. The lowest BCUT2D eigenvalue weighted by molar-refractivity contribution is 0.242. The molecule has 0 radical (unpaired) electrons. The van der Waals surface area contributed by atoms with Gasteiger partial charge in [-0.2, -0.15) is 0 Å². The summed E-state index contributed by atoms with van der Waals surface area (Å²) in [6.07, 6.45) is 1.31. The average Bonchev–Trinajstić information content (AvgIpc) is 2.72. The Labute approximate surface area is 97.1 Å². The third-order valence-corrected chi connectivity index (χ3v) is 2.30. The number of carbonyl (C=O) groups excluding carboxylic acids is 2. The normalized spacial score (nSPS) is 8.19. The lowest BCUT2D eigenvalue weighted by atomic mass is 10.4. The summed E-state index contributed by atoms with van der Waals surface area (Å²) < 4.78 is 3.75. The number of urea groups is 1. The Morgan fingerprint density at radius 1 is 1.62 bits per heavy atom. The van der Waals surface area contributed by atoms with Crippen LogP contribution >= 0.6 is 11.5 Å². The van der Waals surface area contributed by atoms with Gasteiger partial charge in [-0.25, -0.2) is 14.6 Å². The highest BCUT2D eigenvalue weighted by molar-refractivity contribution is 7.05. The van der Waals surface area contributed by atoms with E-state index in [2.05, 4.69) is 25.2 Å². The molecule has 1 aromatic rings. The molecule has 0 unspecified atom stereocenters. The van der Waals surface area contributed by atoms with Crippen molar-refractivity contribution in [2.24, 2.45) is 4.99 Å². The summed E-state index contributed by atoms with van der Waals surface area (Å²) in [6, 6.07) is -0.192. The van der Waals surface area contributed by atoms with Crippen molar-refractivity contribution >= 4 is 23.6 Å². The van der Waals surface area contributed by atoms with Crippen LogP contribution < -0.4 is 10.6 Å². The Kier molecular flexibility index (Phi) is 7.56. The van der Waals surface area contributed by atoms with Crippen LogP contribution in [0.3, 0.4) is 0 Å². The summed E-state index contributed by atoms with van der Waals surface area (Å²) in [5, 5.41) is 8.93. The second kappa shape index (κ2) is 8.51. The van der Waals surface area contributed by atoms with E-state index >= 15 is 0 Å². The maximum Gasteiger partial charge on any atom is 0.314 e. The highest BCUT2D eigenvalue weighted by atomic mass is 32.1. The number of amides is 2. The van der Waals surface area contributed by atoms with Crippen molar-refractivity contribution < 1.29 is 9.59 Å². The Balaban J connectivity index is 0.000000487. The van der Waals surface area contributed by atoms with Gasteiger partial charge in [-0.3, -0.25) is 0 Å². The molecule has 0 atom stereocenters. The molecular formula is C8H13N5O2S. The molecule has 0 spiro atoms. The van der Waals surface area contributed by atoms with Crippen molar-refractivity contribution in [3.8, 4) is 0 Å². The number of hydrogen-bond acceptors (Lipinski definition) is 6. The Morgan fingerprint density at radius 3 is 2.62 bits per heavy atom. The number of isocyanates is 1. The maximum atomic E-state index is 10.8. The number of aromatic nitrogens is 2. The largest absolute Gasteiger partial charge is 0.341 e. The predicted molar refractivity (Wildman–Crippen MR) is 60.0 cm³/mol. The first-order valence-electron chi connectivity index (χ1n) is 4.35. The van der Waals surface area contributed by atoms with E-state index in [1.165, 1.54) is 24.7 Å². The van der Waals surface area contributed by atoms with Gasteiger partial charge in [0.05, 0.1) is 17.1 Å². The van der Waals surface area contributed by atoms with Crippen LogP contribution in [0.15, 0.2) is 4.99 Å². The van der Waals surface area contributed by atoms with Gasteiger partial charge in [0.15, 0.2) is 0 Å². The zero-order valence-electron chi connectivity index (χ0n) is 9.27. The number of aliphatic imine (C=N–C) groups is 1. The molecular weight excluding hydrogens is 230 g/mol. The first-order valence-corrected chi connectivity index (χ1v) is 5.12. The van der Waals surface area contributed by atoms with Gasteiger partial charge in [0, 0.05) is 14.1 Å². The molecule has 0 aromatic carbocycles. The number of hydrogen-bond donors (Lipinski definition) is 2. The fraction of sp³-hybridized carbons (Fsp3) is 0.500. The van der Waals surface area contributed by atoms with Gasteiger partial charge in [0.2, 0.25) is 6.08 Å². The molecule has 0 bridgehead atoms. The smallest absolute Gasteiger partial charge is 0.314 e. The fourth-order valence-corrected chi connectivity index (χ4v) is 1.23. The van der Waals surface area contributed by atoms with Gasteiger partial charge in [0.25, 0.3) is 0 Å². The molecule has 7 nitrogen and oxygen atoms in total. The molecule has 1 heterocycles. The Morgan fingerprint density at radius 2 is 2.25 bits per heavy atom. The minimum Gasteiger partial charge on any atom is -0.341 e. The van der Waals surface area contributed by atoms with E-state index in [0.717, 1.165) is 10.6 Å². The molecule has 0 aliphatic carbocycles. The van der Waals surface area contributed by atoms with Crippen LogP contribution in [0.2, 0.25) is 0 Å². The van der Waals surface area contributed by atoms with Crippen LogP contribution in [0.5, 0.6) is 0 Å². The van der Waals surface area contributed by atoms with Crippen molar-refractivity contribution in [1.29, 1.82) is 0 Å². The molecule has 1 rings (SSSR count). The summed E-state index contributed by atoms with van der Waals surface area (Å²) in [5.41, 5.74) is 0.872. The van der Waals surface area contributed by atoms with Crippen molar-refractivity contribution in [2.45, 2.75) is 13.5 Å². The zero-order chi connectivity index (χ0) is 12.4. The van der Waals surface area contributed by atoms with E-state index in [0.29, 0.717) is 6.54 Å². The Bertz CT molecular complexity index is 372. The van der Waals surface area contributed by atoms with Crippen molar-refractivity contribution in [3.63, 3.8) is 0 Å². The van der Waals surface area contributed by atoms with Gasteiger partial charge >= 0.3 is 6.03 Å². The standard InChI is InChI=1S/C6H10N4OS.C2H3NO/c1-4-5(12-10-9-4)3-8-6(11)7-2;1-3-2-4/h3H2,1-2H3,(H2,7,8,11);1H3. The molecule has 0 aliphatic heterocycles. The number of aryl methyl sites for hydroxylation is 1. The van der Waals surface area contributed by atoms with Crippen LogP contribution in [-0.4, -0.2) is 35.8 Å². The first kappa shape index (κ1) is 14.2. The molecule has 0 saturated heterocycles. The molecule has 2 N–H and O–H groups in total. The second-order valence-corrected chi connectivity index (χ2v) is 3.37. The quantitative estimate of drug-likeness (QED) is 0.574. The van der Waals surface area contributed by atoms with Crippen LogP contribution in [0.25, 0.3) is 0 Å². The van der Waals surface area contributed by atoms with E-state index in [1.807, 2.05) is 6.92 Å². The number of rotatable bonds is 2. The molecule has 1 aromatic heterocycles. The molecule has 0 fully saturated rings. The monoisotopic (exact) mass is 243 g/mol. The van der Waals surface area contributed by atoms with Crippen molar-refractivity contribution in [1.82, 2.24) is 20.2 Å². The highest BCUT2D eigenvalue weighted by Gasteiger charge is 2.03. The molecule has 88 valence electrons. The van der Waals surface area contributed by atoms with Crippen LogP contribution in [0.4, 0.5) is 4.79 Å². The molecule has 8 heteroatoms. The number of nitrogens with one attached hydrogen (secondary N) is 2. The highest BCUT2D eigenvalue weighted by Crippen LogP contribution is 2.07.